The lowest BCUT2D eigenvalue weighted by Gasteiger charge is -2.09. The van der Waals surface area contributed by atoms with E-state index in [1.54, 1.807) is 0 Å². The van der Waals surface area contributed by atoms with Crippen molar-refractivity contribution >= 4 is 6.21 Å². The number of hydrogen-bond acceptors (Lipinski definition) is 2. The summed E-state index contributed by atoms with van der Waals surface area (Å²) >= 11 is 0. The lowest BCUT2D eigenvalue weighted by atomic mass is 10.1. The van der Waals surface area contributed by atoms with E-state index in [9.17, 15) is 0 Å². The van der Waals surface area contributed by atoms with Crippen molar-refractivity contribution in [2.75, 3.05) is 6.54 Å². The van der Waals surface area contributed by atoms with Crippen LogP contribution in [0.1, 0.15) is 12.8 Å². The molecule has 1 aliphatic heterocycles. The first-order chi connectivity index (χ1) is 3.39. The number of rotatable bonds is 0. The smallest absolute Gasteiger partial charge is 0.0537 e. The van der Waals surface area contributed by atoms with Crippen LogP contribution in [0, 0.1) is 0 Å². The zero-order valence-electron chi connectivity index (χ0n) is 4.30. The lowest BCUT2D eigenvalue weighted by molar-refractivity contribution is 0.622. The third-order valence-electron chi connectivity index (χ3n) is 1.14. The quantitative estimate of drug-likeness (QED) is 0.461. The van der Waals surface area contributed by atoms with E-state index >= 15 is 0 Å². The second kappa shape index (κ2) is 2.07. The van der Waals surface area contributed by atoms with E-state index in [0.29, 0.717) is 6.04 Å². The molecule has 2 heteroatoms. The summed E-state index contributed by atoms with van der Waals surface area (Å²) in [4.78, 5) is 4.01. The third kappa shape index (κ3) is 1.27. The number of nitrogens with zero attached hydrogens (tertiary/aromatic N) is 1. The summed E-state index contributed by atoms with van der Waals surface area (Å²) in [7, 11) is 0. The molecule has 0 radical (unpaired) electrons. The number of nitrogens with two attached hydrogens (primary N) is 1. The maximum absolute atomic E-state index is 5.52. The van der Waals surface area contributed by atoms with Gasteiger partial charge in [0.05, 0.1) is 6.54 Å². The van der Waals surface area contributed by atoms with Gasteiger partial charge in [-0.05, 0) is 19.1 Å². The molecule has 0 aromatic heterocycles. The predicted molar refractivity (Wildman–Crippen MR) is 30.6 cm³/mol. The average molecular weight is 98.1 g/mol. The summed E-state index contributed by atoms with van der Waals surface area (Å²) in [6.45, 7) is 0.833. The number of aliphatic imine (C=N–C) groups is 1. The number of hydrogen-bond donors (Lipinski definition) is 1. The summed E-state index contributed by atoms with van der Waals surface area (Å²) in [6, 6.07) is 0.338. The largest absolute Gasteiger partial charge is 0.326 e. The summed E-state index contributed by atoms with van der Waals surface area (Å²) in [5.41, 5.74) is 5.52. The molecule has 0 aliphatic carbocycles. The van der Waals surface area contributed by atoms with Crippen LogP contribution < -0.4 is 5.73 Å². The Morgan fingerprint density at radius 2 is 2.57 bits per heavy atom. The molecule has 0 spiro atoms. The Hall–Kier alpha value is -0.370. The fourth-order valence-corrected chi connectivity index (χ4v) is 0.681. The first-order valence-corrected chi connectivity index (χ1v) is 2.63. The van der Waals surface area contributed by atoms with Gasteiger partial charge in [0.1, 0.15) is 0 Å². The van der Waals surface area contributed by atoms with Crippen molar-refractivity contribution in [1.29, 1.82) is 0 Å². The first kappa shape index (κ1) is 4.78. The van der Waals surface area contributed by atoms with Crippen LogP contribution in [0.4, 0.5) is 0 Å². The van der Waals surface area contributed by atoms with E-state index in [4.69, 9.17) is 5.73 Å². The van der Waals surface area contributed by atoms with Crippen molar-refractivity contribution in [3.63, 3.8) is 0 Å². The van der Waals surface area contributed by atoms with E-state index in [2.05, 4.69) is 4.99 Å². The molecule has 0 fully saturated rings. The molecule has 0 aromatic rings. The molecule has 1 heterocycles. The van der Waals surface area contributed by atoms with Crippen LogP contribution in [-0.4, -0.2) is 18.8 Å². The van der Waals surface area contributed by atoms with Crippen LogP contribution in [0.25, 0.3) is 0 Å². The molecule has 0 bridgehead atoms. The highest BCUT2D eigenvalue weighted by atomic mass is 14.8. The van der Waals surface area contributed by atoms with Crippen LogP contribution in [0.15, 0.2) is 4.99 Å². The van der Waals surface area contributed by atoms with Crippen molar-refractivity contribution < 1.29 is 0 Å². The molecule has 1 rings (SSSR count). The molecule has 0 saturated heterocycles. The van der Waals surface area contributed by atoms with Gasteiger partial charge in [0.2, 0.25) is 0 Å². The molecule has 1 aliphatic rings. The summed E-state index contributed by atoms with van der Waals surface area (Å²) in [5.74, 6) is 0. The molecule has 40 valence electrons. The first-order valence-electron chi connectivity index (χ1n) is 2.63. The van der Waals surface area contributed by atoms with Gasteiger partial charge in [-0.3, -0.25) is 4.99 Å². The lowest BCUT2D eigenvalue weighted by Crippen LogP contribution is -2.25. The summed E-state index contributed by atoms with van der Waals surface area (Å²) < 4.78 is 0. The van der Waals surface area contributed by atoms with Gasteiger partial charge in [0.25, 0.3) is 0 Å². The van der Waals surface area contributed by atoms with E-state index in [0.717, 1.165) is 19.4 Å². The molecule has 0 unspecified atom stereocenters. The molecule has 7 heavy (non-hydrogen) atoms. The Kier molecular flexibility index (Phi) is 1.42. The minimum absolute atomic E-state index is 0.338. The molecule has 1 atom stereocenters. The van der Waals surface area contributed by atoms with E-state index in [1.807, 2.05) is 6.21 Å². The Morgan fingerprint density at radius 3 is 2.86 bits per heavy atom. The molecular formula is C5H10N2. The second-order valence-electron chi connectivity index (χ2n) is 1.89. The van der Waals surface area contributed by atoms with Crippen molar-refractivity contribution in [2.24, 2.45) is 10.7 Å². The summed E-state index contributed by atoms with van der Waals surface area (Å²) in [5, 5.41) is 0. The van der Waals surface area contributed by atoms with Gasteiger partial charge in [-0.25, -0.2) is 0 Å². The van der Waals surface area contributed by atoms with Crippen molar-refractivity contribution in [1.82, 2.24) is 0 Å². The van der Waals surface area contributed by atoms with E-state index < -0.39 is 0 Å². The fourth-order valence-electron chi connectivity index (χ4n) is 0.681. The maximum atomic E-state index is 5.52. The van der Waals surface area contributed by atoms with Crippen LogP contribution in [0.3, 0.4) is 0 Å². The molecule has 0 amide bonds. The monoisotopic (exact) mass is 98.1 g/mol. The SMILES string of the molecule is N[C@H]1CCC=NC1. The van der Waals surface area contributed by atoms with Crippen LogP contribution in [0.5, 0.6) is 0 Å². The zero-order chi connectivity index (χ0) is 5.11. The highest BCUT2D eigenvalue weighted by molar-refractivity contribution is 5.58. The zero-order valence-corrected chi connectivity index (χ0v) is 4.30. The Bertz CT molecular complexity index is 78.1. The van der Waals surface area contributed by atoms with E-state index in [-0.39, 0.29) is 0 Å². The standard InChI is InChI=1S/C5H10N2/c6-5-2-1-3-7-4-5/h3,5H,1-2,4,6H2/t5-/m0/s1. The molecule has 2 N–H and O–H groups in total. The average Bonchev–Trinajstić information content (AvgIpc) is 1.69. The van der Waals surface area contributed by atoms with Gasteiger partial charge < -0.3 is 5.73 Å². The van der Waals surface area contributed by atoms with Crippen LogP contribution in [-0.2, 0) is 0 Å². The Balaban J connectivity index is 2.32. The minimum Gasteiger partial charge on any atom is -0.326 e. The molecule has 2 nitrogen and oxygen atoms in total. The van der Waals surface area contributed by atoms with Gasteiger partial charge in [-0.15, -0.1) is 0 Å². The fraction of sp³-hybridized carbons (Fsp3) is 0.800. The predicted octanol–water partition coefficient (Wildman–Crippen LogP) is 0.178. The Labute approximate surface area is 43.4 Å². The van der Waals surface area contributed by atoms with Gasteiger partial charge >= 0.3 is 0 Å². The third-order valence-corrected chi connectivity index (χ3v) is 1.14. The summed E-state index contributed by atoms with van der Waals surface area (Å²) in [6.07, 6.45) is 4.13. The van der Waals surface area contributed by atoms with Crippen LogP contribution >= 0.6 is 0 Å². The van der Waals surface area contributed by atoms with Gasteiger partial charge in [0, 0.05) is 6.04 Å². The molecule has 0 saturated carbocycles. The normalized spacial score (nSPS) is 30.7. The highest BCUT2D eigenvalue weighted by Gasteiger charge is 2.01. The van der Waals surface area contributed by atoms with Gasteiger partial charge in [0.15, 0.2) is 0 Å². The Morgan fingerprint density at radius 1 is 1.71 bits per heavy atom. The van der Waals surface area contributed by atoms with Crippen molar-refractivity contribution in [3.05, 3.63) is 0 Å². The molecule has 0 aromatic carbocycles. The van der Waals surface area contributed by atoms with Gasteiger partial charge in [-0.2, -0.15) is 0 Å². The highest BCUT2D eigenvalue weighted by Crippen LogP contribution is 1.97. The van der Waals surface area contributed by atoms with Crippen LogP contribution in [0.2, 0.25) is 0 Å². The van der Waals surface area contributed by atoms with Gasteiger partial charge in [-0.1, -0.05) is 0 Å². The maximum Gasteiger partial charge on any atom is 0.0537 e. The van der Waals surface area contributed by atoms with E-state index in [1.165, 1.54) is 0 Å². The topological polar surface area (TPSA) is 38.4 Å². The second-order valence-corrected chi connectivity index (χ2v) is 1.89. The van der Waals surface area contributed by atoms with Crippen molar-refractivity contribution in [2.45, 2.75) is 18.9 Å². The van der Waals surface area contributed by atoms with Crippen molar-refractivity contribution in [3.8, 4) is 0 Å². The molecular weight excluding hydrogens is 88.1 g/mol. The minimum atomic E-state index is 0.338.